The van der Waals surface area contributed by atoms with Gasteiger partial charge in [-0.15, -0.1) is 0 Å². The van der Waals surface area contributed by atoms with Crippen LogP contribution in [0.15, 0.2) is 30.3 Å². The number of carbonyl (C=O) groups excluding carboxylic acids is 1. The number of hydrogen-bond donors (Lipinski definition) is 2. The first-order valence-electron chi connectivity index (χ1n) is 6.69. The summed E-state index contributed by atoms with van der Waals surface area (Å²) in [4.78, 5) is 27.2. The molecule has 0 aliphatic heterocycles. The summed E-state index contributed by atoms with van der Waals surface area (Å²) in [6, 6.07) is 9.27. The molecule has 7 heteroatoms. The quantitative estimate of drug-likeness (QED) is 0.876. The Hall–Kier alpha value is -2.41. The molecule has 1 heterocycles. The molecule has 6 nitrogen and oxygen atoms in total. The number of ether oxygens (including phenoxy) is 1. The number of amides is 1. The number of rotatable bonds is 5. The maximum Gasteiger partial charge on any atom is 0.413 e. The maximum absolute atomic E-state index is 11.7. The van der Waals surface area contributed by atoms with Gasteiger partial charge in [0.05, 0.1) is 5.69 Å². The summed E-state index contributed by atoms with van der Waals surface area (Å²) >= 11 is 0.923. The van der Waals surface area contributed by atoms with E-state index in [4.69, 9.17) is 9.84 Å². The number of nitrogens with zero attached hydrogens (tertiary/aromatic N) is 1. The lowest BCUT2D eigenvalue weighted by Crippen LogP contribution is -2.13. The van der Waals surface area contributed by atoms with Gasteiger partial charge in [0.25, 0.3) is 0 Å². The first kappa shape index (κ1) is 16.0. The number of thiazole rings is 1. The minimum absolute atomic E-state index is 0.0433. The SMILES string of the molecule is CC(C)c1nc(NC(=O)OCc2ccccc2)sc1C(=O)O. The van der Waals surface area contributed by atoms with Gasteiger partial charge in [0.15, 0.2) is 5.13 Å². The van der Waals surface area contributed by atoms with Crippen LogP contribution in [0.1, 0.15) is 40.7 Å². The molecule has 0 radical (unpaired) electrons. The van der Waals surface area contributed by atoms with Crippen LogP contribution >= 0.6 is 11.3 Å². The fourth-order valence-electron chi connectivity index (χ4n) is 1.78. The highest BCUT2D eigenvalue weighted by Gasteiger charge is 2.20. The zero-order valence-corrected chi connectivity index (χ0v) is 13.0. The van der Waals surface area contributed by atoms with Crippen LogP contribution in [-0.4, -0.2) is 22.2 Å². The third-order valence-electron chi connectivity index (χ3n) is 2.82. The second-order valence-corrected chi connectivity index (χ2v) is 5.88. The molecule has 1 aromatic carbocycles. The number of aromatic nitrogens is 1. The minimum atomic E-state index is -1.05. The Morgan fingerprint density at radius 1 is 1.32 bits per heavy atom. The number of aromatic carboxylic acids is 1. The zero-order chi connectivity index (χ0) is 16.1. The van der Waals surface area contributed by atoms with E-state index in [2.05, 4.69) is 10.3 Å². The van der Waals surface area contributed by atoms with Crippen molar-refractivity contribution in [1.29, 1.82) is 0 Å². The Labute approximate surface area is 131 Å². The van der Waals surface area contributed by atoms with Crippen LogP contribution in [0.2, 0.25) is 0 Å². The van der Waals surface area contributed by atoms with Crippen molar-refractivity contribution in [3.8, 4) is 0 Å². The molecule has 0 saturated carbocycles. The molecule has 1 aromatic heterocycles. The number of hydrogen-bond acceptors (Lipinski definition) is 5. The van der Waals surface area contributed by atoms with Crippen LogP contribution < -0.4 is 5.32 Å². The molecular formula is C15H16N2O4S. The topological polar surface area (TPSA) is 88.5 Å². The summed E-state index contributed by atoms with van der Waals surface area (Å²) in [7, 11) is 0. The van der Waals surface area contributed by atoms with Crippen LogP contribution in [0, 0.1) is 0 Å². The van der Waals surface area contributed by atoms with Gasteiger partial charge in [-0.25, -0.2) is 14.6 Å². The minimum Gasteiger partial charge on any atom is -0.477 e. The Kier molecular flexibility index (Phi) is 5.11. The molecule has 0 bridgehead atoms. The van der Waals surface area contributed by atoms with E-state index in [0.717, 1.165) is 16.9 Å². The van der Waals surface area contributed by atoms with Crippen molar-refractivity contribution < 1.29 is 19.4 Å². The molecule has 116 valence electrons. The second-order valence-electron chi connectivity index (χ2n) is 4.88. The van der Waals surface area contributed by atoms with Crippen molar-refractivity contribution in [2.24, 2.45) is 0 Å². The Morgan fingerprint density at radius 2 is 2.00 bits per heavy atom. The van der Waals surface area contributed by atoms with E-state index in [1.54, 1.807) is 0 Å². The van der Waals surface area contributed by atoms with Gasteiger partial charge in [-0.1, -0.05) is 55.5 Å². The van der Waals surface area contributed by atoms with Crippen LogP contribution in [0.5, 0.6) is 0 Å². The Bertz CT molecular complexity index is 667. The Morgan fingerprint density at radius 3 is 2.55 bits per heavy atom. The molecule has 22 heavy (non-hydrogen) atoms. The van der Waals surface area contributed by atoms with Gasteiger partial charge < -0.3 is 9.84 Å². The van der Waals surface area contributed by atoms with Crippen molar-refractivity contribution >= 4 is 28.5 Å². The molecule has 0 fully saturated rings. The monoisotopic (exact) mass is 320 g/mol. The third kappa shape index (κ3) is 4.05. The summed E-state index contributed by atoms with van der Waals surface area (Å²) in [5, 5.41) is 11.8. The van der Waals surface area contributed by atoms with Crippen molar-refractivity contribution in [2.45, 2.75) is 26.4 Å². The smallest absolute Gasteiger partial charge is 0.413 e. The Balaban J connectivity index is 1.99. The molecule has 2 aromatic rings. The average Bonchev–Trinajstić information content (AvgIpc) is 2.90. The maximum atomic E-state index is 11.7. The molecule has 0 saturated heterocycles. The third-order valence-corrected chi connectivity index (χ3v) is 3.79. The van der Waals surface area contributed by atoms with Crippen molar-refractivity contribution in [3.63, 3.8) is 0 Å². The lowest BCUT2D eigenvalue weighted by Gasteiger charge is -2.04. The van der Waals surface area contributed by atoms with E-state index in [9.17, 15) is 9.59 Å². The van der Waals surface area contributed by atoms with Crippen molar-refractivity contribution in [1.82, 2.24) is 4.98 Å². The summed E-state index contributed by atoms with van der Waals surface area (Å²) < 4.78 is 5.07. The summed E-state index contributed by atoms with van der Waals surface area (Å²) in [6.45, 7) is 3.83. The predicted molar refractivity (Wildman–Crippen MR) is 83.4 cm³/mol. The fraction of sp³-hybridized carbons (Fsp3) is 0.267. The summed E-state index contributed by atoms with van der Waals surface area (Å²) in [6.07, 6.45) is -0.662. The average molecular weight is 320 g/mol. The van der Waals surface area contributed by atoms with Crippen LogP contribution in [-0.2, 0) is 11.3 Å². The molecule has 0 atom stereocenters. The van der Waals surface area contributed by atoms with Gasteiger partial charge in [0.2, 0.25) is 0 Å². The van der Waals surface area contributed by atoms with Crippen LogP contribution in [0.3, 0.4) is 0 Å². The molecule has 0 aliphatic rings. The molecule has 1 amide bonds. The van der Waals surface area contributed by atoms with Crippen LogP contribution in [0.25, 0.3) is 0 Å². The number of carbonyl (C=O) groups is 2. The van der Waals surface area contributed by atoms with Gasteiger partial charge in [-0.2, -0.15) is 0 Å². The van der Waals surface area contributed by atoms with E-state index in [1.165, 1.54) is 0 Å². The second kappa shape index (κ2) is 7.04. The van der Waals surface area contributed by atoms with E-state index >= 15 is 0 Å². The molecular weight excluding hydrogens is 304 g/mol. The fourth-order valence-corrected chi connectivity index (χ4v) is 2.72. The molecule has 0 aliphatic carbocycles. The van der Waals surface area contributed by atoms with Crippen LogP contribution in [0.4, 0.5) is 9.93 Å². The number of carboxylic acids is 1. The van der Waals surface area contributed by atoms with Gasteiger partial charge in [-0.05, 0) is 11.5 Å². The largest absolute Gasteiger partial charge is 0.477 e. The highest BCUT2D eigenvalue weighted by Crippen LogP contribution is 2.28. The van der Waals surface area contributed by atoms with E-state index < -0.39 is 12.1 Å². The zero-order valence-electron chi connectivity index (χ0n) is 12.2. The van der Waals surface area contributed by atoms with E-state index in [0.29, 0.717) is 5.69 Å². The van der Waals surface area contributed by atoms with Gasteiger partial charge in [0.1, 0.15) is 11.5 Å². The summed E-state index contributed by atoms with van der Waals surface area (Å²) in [5.41, 5.74) is 1.32. The van der Waals surface area contributed by atoms with Gasteiger partial charge >= 0.3 is 12.1 Å². The van der Waals surface area contributed by atoms with E-state index in [-0.39, 0.29) is 22.5 Å². The highest BCUT2D eigenvalue weighted by molar-refractivity contribution is 7.17. The number of benzene rings is 1. The summed E-state index contributed by atoms with van der Waals surface area (Å²) in [5.74, 6) is -1.09. The standard InChI is InChI=1S/C15H16N2O4S/c1-9(2)11-12(13(18)19)22-14(16-11)17-15(20)21-8-10-6-4-3-5-7-10/h3-7,9H,8H2,1-2H3,(H,18,19)(H,16,17,20). The lowest BCUT2D eigenvalue weighted by atomic mass is 10.1. The number of anilines is 1. The molecule has 2 rings (SSSR count). The molecule has 2 N–H and O–H groups in total. The first-order chi connectivity index (χ1) is 10.5. The van der Waals surface area contributed by atoms with Crippen molar-refractivity contribution in [2.75, 3.05) is 5.32 Å². The first-order valence-corrected chi connectivity index (χ1v) is 7.50. The van der Waals surface area contributed by atoms with E-state index in [1.807, 2.05) is 44.2 Å². The predicted octanol–water partition coefficient (Wildman–Crippen LogP) is 3.71. The van der Waals surface area contributed by atoms with Gasteiger partial charge in [0, 0.05) is 0 Å². The molecule has 0 spiro atoms. The molecule has 0 unspecified atom stereocenters. The highest BCUT2D eigenvalue weighted by atomic mass is 32.1. The lowest BCUT2D eigenvalue weighted by molar-refractivity contribution is 0.0700. The number of carboxylic acid groups (broad SMARTS) is 1. The van der Waals surface area contributed by atoms with Crippen molar-refractivity contribution in [3.05, 3.63) is 46.5 Å². The normalized spacial score (nSPS) is 10.5. The van der Waals surface area contributed by atoms with Gasteiger partial charge in [-0.3, -0.25) is 5.32 Å². The number of nitrogens with one attached hydrogen (secondary N) is 1.